The fraction of sp³-hybridized carbons (Fsp3) is 0.517. The number of fused-ring (bicyclic) bond motifs is 2. The van der Waals surface area contributed by atoms with Crippen LogP contribution in [-0.2, 0) is 24.3 Å². The summed E-state index contributed by atoms with van der Waals surface area (Å²) in [5.74, 6) is 0.629. The quantitative estimate of drug-likeness (QED) is 0.545. The molecule has 0 saturated carbocycles. The zero-order valence-electron chi connectivity index (χ0n) is 22.1. The molecular formula is C29H35N7O2. The van der Waals surface area contributed by atoms with Crippen molar-refractivity contribution < 1.29 is 9.53 Å². The third kappa shape index (κ3) is 4.52. The van der Waals surface area contributed by atoms with Crippen molar-refractivity contribution in [3.8, 4) is 12.1 Å². The molecule has 3 aliphatic heterocycles. The van der Waals surface area contributed by atoms with Crippen LogP contribution < -0.4 is 9.64 Å². The molecule has 4 aliphatic rings. The van der Waals surface area contributed by atoms with Gasteiger partial charge in [0.15, 0.2) is 0 Å². The fourth-order valence-corrected chi connectivity index (χ4v) is 6.53. The third-order valence-corrected chi connectivity index (χ3v) is 8.67. The number of rotatable bonds is 6. The molecule has 1 aromatic heterocycles. The van der Waals surface area contributed by atoms with Crippen LogP contribution in [0.2, 0.25) is 0 Å². The van der Waals surface area contributed by atoms with Gasteiger partial charge < -0.3 is 19.4 Å². The molecule has 1 amide bonds. The van der Waals surface area contributed by atoms with Gasteiger partial charge in [0.2, 0.25) is 5.91 Å². The van der Waals surface area contributed by atoms with Gasteiger partial charge in [-0.15, -0.1) is 0 Å². The van der Waals surface area contributed by atoms with Crippen molar-refractivity contribution in [3.05, 3.63) is 59.3 Å². The Kier molecular flexibility index (Phi) is 6.76. The molecule has 2 aromatic rings. The normalized spacial score (nSPS) is 25.2. The summed E-state index contributed by atoms with van der Waals surface area (Å²) in [5, 5.41) is 9.85. The fourth-order valence-electron chi connectivity index (χ4n) is 6.53. The zero-order chi connectivity index (χ0) is 26.2. The maximum Gasteiger partial charge on any atom is 0.318 e. The van der Waals surface area contributed by atoms with Gasteiger partial charge in [-0.2, -0.15) is 15.2 Å². The van der Waals surface area contributed by atoms with Crippen molar-refractivity contribution >= 4 is 11.7 Å². The summed E-state index contributed by atoms with van der Waals surface area (Å²) in [4.78, 5) is 30.7. The van der Waals surface area contributed by atoms with Crippen molar-refractivity contribution in [2.75, 3.05) is 44.7 Å². The second-order valence-electron chi connectivity index (χ2n) is 10.8. The number of nitrogens with zero attached hydrogens (tertiary/aromatic N) is 7. The molecule has 9 heteroatoms. The van der Waals surface area contributed by atoms with Gasteiger partial charge in [-0.1, -0.05) is 30.8 Å². The van der Waals surface area contributed by atoms with Gasteiger partial charge in [0.1, 0.15) is 18.5 Å². The summed E-state index contributed by atoms with van der Waals surface area (Å²) in [7, 11) is 2.14. The van der Waals surface area contributed by atoms with Crippen LogP contribution in [0.5, 0.6) is 6.01 Å². The minimum absolute atomic E-state index is 0.208. The first-order chi connectivity index (χ1) is 18.6. The minimum atomic E-state index is -0.560. The van der Waals surface area contributed by atoms with Crippen LogP contribution in [0.15, 0.2) is 36.9 Å². The number of anilines is 1. The molecule has 0 bridgehead atoms. The zero-order valence-corrected chi connectivity index (χ0v) is 22.1. The molecule has 6 rings (SSSR count). The SMILES string of the molecule is C=CC(=O)N1CCN(c2nc(OC[C@@H]3CCCN3C)nc3c2CN(C2CCc4ccccc42)C3)C[C@@H]1C#N. The smallest absolute Gasteiger partial charge is 0.318 e. The number of piperazine rings is 1. The number of hydrogen-bond donors (Lipinski definition) is 0. The van der Waals surface area contributed by atoms with Crippen LogP contribution in [0.25, 0.3) is 0 Å². The summed E-state index contributed by atoms with van der Waals surface area (Å²) in [6.45, 7) is 8.21. The number of aryl methyl sites for hydroxylation is 1. The molecule has 2 fully saturated rings. The third-order valence-electron chi connectivity index (χ3n) is 8.67. The predicted octanol–water partition coefficient (Wildman–Crippen LogP) is 2.68. The molecule has 1 aromatic carbocycles. The van der Waals surface area contributed by atoms with Crippen molar-refractivity contribution in [1.82, 2.24) is 24.7 Å². The number of nitriles is 1. The van der Waals surface area contributed by atoms with E-state index in [1.54, 1.807) is 4.90 Å². The van der Waals surface area contributed by atoms with Crippen LogP contribution in [0.3, 0.4) is 0 Å². The van der Waals surface area contributed by atoms with Gasteiger partial charge in [-0.05, 0) is 56.5 Å². The number of likely N-dealkylation sites (tertiary alicyclic amines) is 1. The van der Waals surface area contributed by atoms with Gasteiger partial charge >= 0.3 is 6.01 Å². The topological polar surface area (TPSA) is 88.8 Å². The Morgan fingerprint density at radius 3 is 2.87 bits per heavy atom. The molecule has 3 atom stereocenters. The largest absolute Gasteiger partial charge is 0.462 e. The Bertz CT molecular complexity index is 1270. The molecule has 2 saturated heterocycles. The molecule has 9 nitrogen and oxygen atoms in total. The Balaban J connectivity index is 1.28. The Hall–Kier alpha value is -3.48. The number of ether oxygens (including phenoxy) is 1. The van der Waals surface area contributed by atoms with E-state index in [0.29, 0.717) is 44.3 Å². The first-order valence-corrected chi connectivity index (χ1v) is 13.7. The molecule has 1 unspecified atom stereocenters. The average molecular weight is 514 g/mol. The highest BCUT2D eigenvalue weighted by Gasteiger charge is 2.37. The van der Waals surface area contributed by atoms with E-state index in [1.807, 2.05) is 0 Å². The van der Waals surface area contributed by atoms with Crippen LogP contribution in [0, 0.1) is 11.3 Å². The van der Waals surface area contributed by atoms with Gasteiger partial charge in [0.25, 0.3) is 0 Å². The Morgan fingerprint density at radius 1 is 1.21 bits per heavy atom. The second kappa shape index (κ2) is 10.4. The molecule has 4 heterocycles. The lowest BCUT2D eigenvalue weighted by atomic mass is 10.1. The molecule has 38 heavy (non-hydrogen) atoms. The van der Waals surface area contributed by atoms with E-state index >= 15 is 0 Å². The molecule has 0 spiro atoms. The van der Waals surface area contributed by atoms with E-state index in [0.717, 1.165) is 56.0 Å². The first-order valence-electron chi connectivity index (χ1n) is 13.7. The lowest BCUT2D eigenvalue weighted by Crippen LogP contribution is -2.54. The summed E-state index contributed by atoms with van der Waals surface area (Å²) in [6, 6.07) is 11.6. The maximum absolute atomic E-state index is 12.3. The highest BCUT2D eigenvalue weighted by molar-refractivity contribution is 5.87. The lowest BCUT2D eigenvalue weighted by molar-refractivity contribution is -0.127. The summed E-state index contributed by atoms with van der Waals surface area (Å²) >= 11 is 0. The first kappa shape index (κ1) is 24.8. The van der Waals surface area contributed by atoms with Crippen LogP contribution >= 0.6 is 0 Å². The van der Waals surface area contributed by atoms with Crippen molar-refractivity contribution in [3.63, 3.8) is 0 Å². The highest BCUT2D eigenvalue weighted by atomic mass is 16.5. The maximum atomic E-state index is 12.3. The number of likely N-dealkylation sites (N-methyl/N-ethyl adjacent to an activating group) is 1. The monoisotopic (exact) mass is 513 g/mol. The summed E-state index contributed by atoms with van der Waals surface area (Å²) in [5.41, 5.74) is 4.97. The molecule has 0 N–H and O–H groups in total. The van der Waals surface area contributed by atoms with E-state index < -0.39 is 6.04 Å². The number of carbonyl (C=O) groups is 1. The van der Waals surface area contributed by atoms with Gasteiger partial charge in [0, 0.05) is 43.8 Å². The van der Waals surface area contributed by atoms with Gasteiger partial charge in [0.05, 0.1) is 18.3 Å². The summed E-state index contributed by atoms with van der Waals surface area (Å²) in [6.07, 6.45) is 5.78. The standard InChI is InChI=1S/C29H35N7O2/c1-3-27(37)36-14-13-34(16-22(36)15-30)28-24-17-35(26-11-10-20-7-4-5-9-23(20)26)18-25(24)31-29(32-28)38-19-21-8-6-12-33(21)2/h3-5,7,9,21-22,26H,1,6,8,10-14,16-19H2,2H3/t21-,22-,26?/m0/s1. The van der Waals surface area contributed by atoms with Crippen LogP contribution in [-0.4, -0.2) is 82.5 Å². The van der Waals surface area contributed by atoms with Crippen molar-refractivity contribution in [1.29, 1.82) is 5.26 Å². The van der Waals surface area contributed by atoms with Crippen LogP contribution in [0.4, 0.5) is 5.82 Å². The van der Waals surface area contributed by atoms with E-state index in [-0.39, 0.29) is 5.91 Å². The van der Waals surface area contributed by atoms with E-state index in [2.05, 4.69) is 58.7 Å². The molecule has 198 valence electrons. The Morgan fingerprint density at radius 2 is 2.08 bits per heavy atom. The number of aromatic nitrogens is 2. The van der Waals surface area contributed by atoms with Gasteiger partial charge in [-0.25, -0.2) is 0 Å². The lowest BCUT2D eigenvalue weighted by Gasteiger charge is -2.39. The minimum Gasteiger partial charge on any atom is -0.462 e. The van der Waals surface area contributed by atoms with Crippen molar-refractivity contribution in [2.24, 2.45) is 0 Å². The number of carbonyl (C=O) groups excluding carboxylic acids is 1. The van der Waals surface area contributed by atoms with E-state index in [9.17, 15) is 10.1 Å². The van der Waals surface area contributed by atoms with Gasteiger partial charge in [-0.3, -0.25) is 9.69 Å². The predicted molar refractivity (Wildman–Crippen MR) is 143 cm³/mol. The molecule has 1 aliphatic carbocycles. The average Bonchev–Trinajstić information content (AvgIpc) is 3.68. The molecule has 0 radical (unpaired) electrons. The highest BCUT2D eigenvalue weighted by Crippen LogP contribution is 2.42. The number of hydrogen-bond acceptors (Lipinski definition) is 8. The van der Waals surface area contributed by atoms with Crippen molar-refractivity contribution in [2.45, 2.75) is 56.9 Å². The molecular weight excluding hydrogens is 478 g/mol. The van der Waals surface area contributed by atoms with E-state index in [1.165, 1.54) is 23.6 Å². The number of amides is 1. The number of benzene rings is 1. The van der Waals surface area contributed by atoms with Crippen LogP contribution in [0.1, 0.15) is 47.7 Å². The second-order valence-corrected chi connectivity index (χ2v) is 10.8. The van der Waals surface area contributed by atoms with E-state index in [4.69, 9.17) is 14.7 Å². The Labute approximate surface area is 224 Å². The summed E-state index contributed by atoms with van der Waals surface area (Å²) < 4.78 is 6.21.